The Hall–Kier alpha value is -2.52. The Balaban J connectivity index is 2.50. The Bertz CT molecular complexity index is 885. The molecule has 1 aromatic heterocycles. The quantitative estimate of drug-likeness (QED) is 0.790. The number of aromatic nitrogens is 2. The number of hydrogen-bond acceptors (Lipinski definition) is 6. The van der Waals surface area contributed by atoms with Crippen LogP contribution in [0.2, 0.25) is 0 Å². The third-order valence-electron chi connectivity index (χ3n) is 2.75. The first-order valence-corrected chi connectivity index (χ1v) is 8.05. The van der Waals surface area contributed by atoms with Gasteiger partial charge in [0, 0.05) is 11.6 Å². The normalized spacial score (nSPS) is 11.6. The zero-order valence-corrected chi connectivity index (χ0v) is 13.3. The zero-order valence-electron chi connectivity index (χ0n) is 12.5. The number of rotatable bonds is 5. The second kappa shape index (κ2) is 6.31. The molecule has 0 unspecified atom stereocenters. The van der Waals surface area contributed by atoms with E-state index in [2.05, 4.69) is 5.10 Å². The minimum absolute atomic E-state index is 0.258. The van der Waals surface area contributed by atoms with Crippen LogP contribution in [0.5, 0.6) is 0 Å². The maximum absolute atomic E-state index is 12.0. The van der Waals surface area contributed by atoms with Gasteiger partial charge in [0.05, 0.1) is 11.8 Å². The monoisotopic (exact) mass is 337 g/mol. The standard InChI is InChI=1S/C14H15N3O5S/c1-9(2)22-23(20,21)12-7-8-13(18)17(16-12)11-5-3-10(4-6-11)14(15)19/h3-9H,1-2H3,(H2,15,19). The third kappa shape index (κ3) is 3.82. The fourth-order valence-corrected chi connectivity index (χ4v) is 2.80. The summed E-state index contributed by atoms with van der Waals surface area (Å²) in [6.07, 6.45) is -0.558. The number of amides is 1. The molecule has 1 heterocycles. The van der Waals surface area contributed by atoms with Crippen LogP contribution in [0.4, 0.5) is 0 Å². The van der Waals surface area contributed by atoms with Crippen molar-refractivity contribution in [2.24, 2.45) is 5.73 Å². The minimum atomic E-state index is -4.07. The van der Waals surface area contributed by atoms with Gasteiger partial charge in [-0.05, 0) is 44.2 Å². The van der Waals surface area contributed by atoms with Crippen LogP contribution >= 0.6 is 0 Å². The summed E-state index contributed by atoms with van der Waals surface area (Å²) < 4.78 is 29.8. The SMILES string of the molecule is CC(C)OS(=O)(=O)c1ccc(=O)n(-c2ccc(C(N)=O)cc2)n1. The van der Waals surface area contributed by atoms with E-state index in [1.807, 2.05) is 0 Å². The highest BCUT2D eigenvalue weighted by Gasteiger charge is 2.20. The van der Waals surface area contributed by atoms with E-state index in [-0.39, 0.29) is 10.6 Å². The van der Waals surface area contributed by atoms with Gasteiger partial charge in [-0.3, -0.25) is 13.8 Å². The summed E-state index contributed by atoms with van der Waals surface area (Å²) in [6, 6.07) is 7.86. The summed E-state index contributed by atoms with van der Waals surface area (Å²) >= 11 is 0. The largest absolute Gasteiger partial charge is 0.366 e. The number of nitrogens with zero attached hydrogens (tertiary/aromatic N) is 2. The summed E-state index contributed by atoms with van der Waals surface area (Å²) in [7, 11) is -4.07. The first-order chi connectivity index (χ1) is 10.7. The van der Waals surface area contributed by atoms with Crippen molar-refractivity contribution in [2.45, 2.75) is 25.0 Å². The van der Waals surface area contributed by atoms with Crippen LogP contribution in [0.15, 0.2) is 46.2 Å². The van der Waals surface area contributed by atoms with Gasteiger partial charge in [0.25, 0.3) is 5.56 Å². The summed E-state index contributed by atoms with van der Waals surface area (Å²) in [6.45, 7) is 3.13. The van der Waals surface area contributed by atoms with Gasteiger partial charge in [-0.15, -0.1) is 0 Å². The van der Waals surface area contributed by atoms with Gasteiger partial charge in [0.1, 0.15) is 0 Å². The number of carbonyl (C=O) groups is 1. The Labute approximate surface area is 132 Å². The van der Waals surface area contributed by atoms with Crippen LogP contribution in [-0.2, 0) is 14.3 Å². The van der Waals surface area contributed by atoms with Crippen LogP contribution in [0.1, 0.15) is 24.2 Å². The first kappa shape index (κ1) is 16.8. The van der Waals surface area contributed by atoms with Gasteiger partial charge in [-0.25, -0.2) is 0 Å². The molecule has 0 aliphatic carbocycles. The highest BCUT2D eigenvalue weighted by molar-refractivity contribution is 7.86. The molecular weight excluding hydrogens is 322 g/mol. The third-order valence-corrected chi connectivity index (χ3v) is 4.12. The average Bonchev–Trinajstić information content (AvgIpc) is 2.46. The van der Waals surface area contributed by atoms with Crippen molar-refractivity contribution in [1.29, 1.82) is 0 Å². The van der Waals surface area contributed by atoms with Crippen LogP contribution < -0.4 is 11.3 Å². The lowest BCUT2D eigenvalue weighted by molar-refractivity contribution is 0.1000. The van der Waals surface area contributed by atoms with E-state index in [1.165, 1.54) is 24.3 Å². The summed E-state index contributed by atoms with van der Waals surface area (Å²) in [5, 5.41) is 3.43. The molecule has 0 radical (unpaired) electrons. The molecule has 2 aromatic rings. The van der Waals surface area contributed by atoms with Crippen molar-refractivity contribution in [1.82, 2.24) is 9.78 Å². The number of hydrogen-bond donors (Lipinski definition) is 1. The Kier molecular flexibility index (Phi) is 4.62. The highest BCUT2D eigenvalue weighted by atomic mass is 32.2. The number of primary amides is 1. The van der Waals surface area contributed by atoms with Gasteiger partial charge >= 0.3 is 10.1 Å². The van der Waals surface area contributed by atoms with E-state index in [9.17, 15) is 18.0 Å². The molecule has 9 heteroatoms. The van der Waals surface area contributed by atoms with E-state index in [1.54, 1.807) is 13.8 Å². The van der Waals surface area contributed by atoms with Crippen LogP contribution in [-0.4, -0.2) is 30.2 Å². The molecule has 0 atom stereocenters. The van der Waals surface area contributed by atoms with Gasteiger partial charge in [-0.2, -0.15) is 18.2 Å². The molecule has 0 aliphatic heterocycles. The smallest absolute Gasteiger partial charge is 0.316 e. The Morgan fingerprint density at radius 2 is 1.78 bits per heavy atom. The van der Waals surface area contributed by atoms with E-state index in [4.69, 9.17) is 9.92 Å². The molecular formula is C14H15N3O5S. The molecule has 0 saturated carbocycles. The molecule has 2 rings (SSSR count). The van der Waals surface area contributed by atoms with Crippen molar-refractivity contribution in [2.75, 3.05) is 0 Å². The molecule has 0 spiro atoms. The molecule has 0 fully saturated rings. The summed E-state index contributed by atoms with van der Waals surface area (Å²) in [5.41, 5.74) is 5.16. The molecule has 8 nitrogen and oxygen atoms in total. The highest BCUT2D eigenvalue weighted by Crippen LogP contribution is 2.12. The summed E-state index contributed by atoms with van der Waals surface area (Å²) in [4.78, 5) is 23.0. The second-order valence-corrected chi connectivity index (χ2v) is 6.45. The Morgan fingerprint density at radius 1 is 1.17 bits per heavy atom. The Morgan fingerprint density at radius 3 is 2.30 bits per heavy atom. The van der Waals surface area contributed by atoms with Crippen LogP contribution in [0, 0.1) is 0 Å². The lowest BCUT2D eigenvalue weighted by Crippen LogP contribution is -2.24. The summed E-state index contributed by atoms with van der Waals surface area (Å²) in [5.74, 6) is -0.612. The predicted molar refractivity (Wildman–Crippen MR) is 81.8 cm³/mol. The van der Waals surface area contributed by atoms with Gasteiger partial charge < -0.3 is 5.73 Å². The molecule has 1 aromatic carbocycles. The fraction of sp³-hybridized carbons (Fsp3) is 0.214. The molecule has 122 valence electrons. The van der Waals surface area contributed by atoms with E-state index < -0.39 is 27.7 Å². The molecule has 23 heavy (non-hydrogen) atoms. The molecule has 0 bridgehead atoms. The number of benzene rings is 1. The topological polar surface area (TPSA) is 121 Å². The first-order valence-electron chi connectivity index (χ1n) is 6.64. The zero-order chi connectivity index (χ0) is 17.2. The van der Waals surface area contributed by atoms with Gasteiger partial charge in [0.15, 0.2) is 0 Å². The van der Waals surface area contributed by atoms with Crippen molar-refractivity contribution in [3.05, 3.63) is 52.3 Å². The van der Waals surface area contributed by atoms with E-state index in [0.717, 1.165) is 16.8 Å². The minimum Gasteiger partial charge on any atom is -0.366 e. The predicted octanol–water partition coefficient (Wildman–Crippen LogP) is 0.445. The van der Waals surface area contributed by atoms with Crippen LogP contribution in [0.3, 0.4) is 0 Å². The number of carbonyl (C=O) groups excluding carboxylic acids is 1. The lowest BCUT2D eigenvalue weighted by atomic mass is 10.2. The van der Waals surface area contributed by atoms with Crippen molar-refractivity contribution < 1.29 is 17.4 Å². The molecule has 0 saturated heterocycles. The lowest BCUT2D eigenvalue weighted by Gasteiger charge is -2.10. The number of nitrogens with two attached hydrogens (primary N) is 1. The van der Waals surface area contributed by atoms with Gasteiger partial charge in [-0.1, -0.05) is 0 Å². The maximum atomic E-state index is 12.0. The van der Waals surface area contributed by atoms with Crippen molar-refractivity contribution in [3.8, 4) is 5.69 Å². The van der Waals surface area contributed by atoms with E-state index >= 15 is 0 Å². The molecule has 2 N–H and O–H groups in total. The van der Waals surface area contributed by atoms with Gasteiger partial charge in [0.2, 0.25) is 10.9 Å². The molecule has 0 aliphatic rings. The molecule has 1 amide bonds. The fourth-order valence-electron chi connectivity index (χ4n) is 1.78. The average molecular weight is 337 g/mol. The second-order valence-electron chi connectivity index (χ2n) is 4.93. The van der Waals surface area contributed by atoms with Crippen LogP contribution in [0.25, 0.3) is 5.69 Å². The van der Waals surface area contributed by atoms with Crippen molar-refractivity contribution >= 4 is 16.0 Å². The van der Waals surface area contributed by atoms with Crippen molar-refractivity contribution in [3.63, 3.8) is 0 Å². The van der Waals surface area contributed by atoms with E-state index in [0.29, 0.717) is 5.69 Å². The maximum Gasteiger partial charge on any atom is 0.316 e.